The average molecular weight is 772 g/mol. The van der Waals surface area contributed by atoms with Crippen LogP contribution < -0.4 is 9.80 Å². The van der Waals surface area contributed by atoms with Crippen molar-refractivity contribution < 1.29 is 61.2 Å². The highest BCUT2D eigenvalue weighted by Gasteiger charge is 2.77. The first-order chi connectivity index (χ1) is 23.9. The van der Waals surface area contributed by atoms with E-state index in [9.17, 15) is 52.5 Å². The Morgan fingerprint density at radius 3 is 2.02 bits per heavy atom. The minimum Gasteiger partial charge on any atom is -0.508 e. The quantitative estimate of drug-likeness (QED) is 0.0740. The van der Waals surface area contributed by atoms with Crippen LogP contribution in [-0.2, 0) is 19.2 Å². The van der Waals surface area contributed by atoms with Gasteiger partial charge < -0.3 is 15.3 Å². The zero-order chi connectivity index (χ0) is 37.2. The number of carboxylic acid groups (broad SMARTS) is 1. The van der Waals surface area contributed by atoms with Crippen LogP contribution in [0.2, 0.25) is 5.02 Å². The van der Waals surface area contributed by atoms with Crippen molar-refractivity contribution in [2.24, 2.45) is 17.8 Å². The number of anilines is 2. The Morgan fingerprint density at radius 1 is 0.784 bits per heavy atom. The third kappa shape index (κ3) is 4.43. The van der Waals surface area contributed by atoms with Gasteiger partial charge in [0, 0.05) is 22.6 Å². The molecule has 0 bridgehead atoms. The molecular formula is C33H18Cl3F5N2O8. The molecule has 2 aliphatic carbocycles. The third-order valence-corrected chi connectivity index (χ3v) is 11.6. The molecule has 51 heavy (non-hydrogen) atoms. The van der Waals surface area contributed by atoms with Crippen molar-refractivity contribution in [2.75, 3.05) is 9.80 Å². The minimum absolute atomic E-state index is 0.0454. The number of nitrogens with zero attached hydrogens (tertiary/aromatic N) is 2. The zero-order valence-corrected chi connectivity index (χ0v) is 27.3. The smallest absolute Gasteiger partial charge is 0.339 e. The number of halogens is 8. The normalized spacial score (nSPS) is 28.5. The van der Waals surface area contributed by atoms with Gasteiger partial charge in [-0.25, -0.2) is 36.5 Å². The predicted molar refractivity (Wildman–Crippen MR) is 167 cm³/mol. The predicted octanol–water partition coefficient (Wildman–Crippen LogP) is 5.91. The van der Waals surface area contributed by atoms with Gasteiger partial charge in [0.15, 0.2) is 33.0 Å². The Hall–Kier alpha value is -4.73. The number of hydrogen-bond donors (Lipinski definition) is 3. The summed E-state index contributed by atoms with van der Waals surface area (Å²) >= 11 is 20.3. The number of phenolic OH excluding ortho intramolecular Hbond substituents is 1. The standard InChI is InChI=1S/C33H18Cl3F5N2O8/c34-10-1-6-17(44)15(7-10)20-12-4-5-14-19(28(47)42(27(14)46)11-2-3-13(29(48)49)18(45)8-11)16(12)9-32(35)30(50)43(31(51)33(20,32)36)26-24(40)22(38)21(37)23(39)25(26)41/h1-4,6-8,14,16,19-20,44-45H,5,9H2,(H,48,49)/t14-,16+,19-,20+,32+,33-/m0/s1. The lowest BCUT2D eigenvalue weighted by molar-refractivity contribution is -0.125. The highest BCUT2D eigenvalue weighted by Crippen LogP contribution is 2.67. The summed E-state index contributed by atoms with van der Waals surface area (Å²) in [6.07, 6.45) is 0.408. The number of carbonyl (C=O) groups is 5. The number of imide groups is 2. The molecule has 2 heterocycles. The number of alkyl halides is 2. The van der Waals surface area contributed by atoms with Crippen molar-refractivity contribution in [3.05, 3.63) is 93.3 Å². The third-order valence-electron chi connectivity index (χ3n) is 9.99. The van der Waals surface area contributed by atoms with Crippen molar-refractivity contribution in [3.63, 3.8) is 0 Å². The van der Waals surface area contributed by atoms with E-state index in [2.05, 4.69) is 0 Å². The van der Waals surface area contributed by atoms with Gasteiger partial charge in [-0.1, -0.05) is 23.3 Å². The summed E-state index contributed by atoms with van der Waals surface area (Å²) in [5.41, 5.74) is -2.89. The number of aromatic hydroxyl groups is 2. The van der Waals surface area contributed by atoms with E-state index in [0.29, 0.717) is 4.90 Å². The Bertz CT molecular complexity index is 2190. The molecule has 0 unspecified atom stereocenters. The highest BCUT2D eigenvalue weighted by molar-refractivity contribution is 6.58. The average Bonchev–Trinajstić information content (AvgIpc) is 3.42. The lowest BCUT2D eigenvalue weighted by atomic mass is 9.56. The summed E-state index contributed by atoms with van der Waals surface area (Å²) < 4.78 is 73.1. The van der Waals surface area contributed by atoms with Crippen LogP contribution in [0.4, 0.5) is 33.3 Å². The van der Waals surface area contributed by atoms with Gasteiger partial charge in [0.1, 0.15) is 22.7 Å². The molecule has 3 aromatic rings. The second kappa shape index (κ2) is 11.4. The number of carbonyl (C=O) groups excluding carboxylic acids is 4. The molecule has 4 aliphatic rings. The largest absolute Gasteiger partial charge is 0.508 e. The van der Waals surface area contributed by atoms with E-state index in [1.165, 1.54) is 12.1 Å². The summed E-state index contributed by atoms with van der Waals surface area (Å²) in [6.45, 7) is 0. The molecule has 10 nitrogen and oxygen atoms in total. The maximum Gasteiger partial charge on any atom is 0.339 e. The van der Waals surface area contributed by atoms with Crippen LogP contribution in [0.5, 0.6) is 11.5 Å². The molecule has 4 amide bonds. The minimum atomic E-state index is -2.87. The Morgan fingerprint density at radius 2 is 1.41 bits per heavy atom. The molecule has 264 valence electrons. The molecule has 18 heteroatoms. The fourth-order valence-electron chi connectivity index (χ4n) is 7.76. The molecular weight excluding hydrogens is 754 g/mol. The van der Waals surface area contributed by atoms with Crippen molar-refractivity contribution in [3.8, 4) is 11.5 Å². The molecule has 6 atom stereocenters. The summed E-state index contributed by atoms with van der Waals surface area (Å²) in [7, 11) is 0. The number of carboxylic acids is 1. The molecule has 0 radical (unpaired) electrons. The lowest BCUT2D eigenvalue weighted by Crippen LogP contribution is -2.60. The van der Waals surface area contributed by atoms with Crippen molar-refractivity contribution in [1.29, 1.82) is 0 Å². The number of hydrogen-bond acceptors (Lipinski definition) is 7. The number of aromatic carboxylic acids is 1. The molecule has 2 saturated heterocycles. The van der Waals surface area contributed by atoms with Crippen molar-refractivity contribution in [1.82, 2.24) is 0 Å². The van der Waals surface area contributed by atoms with Gasteiger partial charge in [-0.3, -0.25) is 19.2 Å². The number of rotatable bonds is 4. The maximum atomic E-state index is 15.2. The highest BCUT2D eigenvalue weighted by atomic mass is 35.5. The molecule has 7 rings (SSSR count). The van der Waals surface area contributed by atoms with Gasteiger partial charge in [-0.15, -0.1) is 23.2 Å². The summed E-state index contributed by atoms with van der Waals surface area (Å²) in [4.78, 5) is 62.5. The van der Waals surface area contributed by atoms with Gasteiger partial charge in [-0.05, 0) is 49.1 Å². The fraction of sp³-hybridized carbons (Fsp3) is 0.242. The van der Waals surface area contributed by atoms with E-state index >= 15 is 8.78 Å². The van der Waals surface area contributed by atoms with Gasteiger partial charge >= 0.3 is 5.97 Å². The topological polar surface area (TPSA) is 153 Å². The first kappa shape index (κ1) is 34.7. The van der Waals surface area contributed by atoms with E-state index in [-0.39, 0.29) is 33.2 Å². The van der Waals surface area contributed by atoms with E-state index in [1.54, 1.807) is 0 Å². The molecule has 3 N–H and O–H groups in total. The molecule has 0 spiro atoms. The van der Waals surface area contributed by atoms with E-state index in [0.717, 1.165) is 30.3 Å². The molecule has 0 aromatic heterocycles. The van der Waals surface area contributed by atoms with Crippen molar-refractivity contribution >= 4 is 75.8 Å². The molecule has 1 saturated carbocycles. The van der Waals surface area contributed by atoms with Crippen LogP contribution in [0.25, 0.3) is 0 Å². The van der Waals surface area contributed by atoms with Crippen LogP contribution >= 0.6 is 34.8 Å². The van der Waals surface area contributed by atoms with E-state index in [4.69, 9.17) is 34.8 Å². The number of allylic oxidation sites excluding steroid dienone is 2. The van der Waals surface area contributed by atoms with E-state index < -0.39 is 121 Å². The lowest BCUT2D eigenvalue weighted by Gasteiger charge is -2.50. The van der Waals surface area contributed by atoms with Crippen LogP contribution in [0.15, 0.2) is 48.0 Å². The van der Waals surface area contributed by atoms with Gasteiger partial charge in [-0.2, -0.15) is 0 Å². The Labute approximate surface area is 297 Å². The van der Waals surface area contributed by atoms with Crippen LogP contribution in [0.1, 0.15) is 34.7 Å². The van der Waals surface area contributed by atoms with Crippen LogP contribution in [0.3, 0.4) is 0 Å². The number of benzene rings is 3. The van der Waals surface area contributed by atoms with Gasteiger partial charge in [0.05, 0.1) is 17.5 Å². The Kier molecular flexibility index (Phi) is 7.75. The first-order valence-corrected chi connectivity index (χ1v) is 15.9. The van der Waals surface area contributed by atoms with Crippen molar-refractivity contribution in [2.45, 2.75) is 28.5 Å². The number of amides is 4. The zero-order valence-electron chi connectivity index (χ0n) is 25.1. The SMILES string of the molecule is O=C(O)c1ccc(N2C(=O)[C@H]3[C@H](CC=C4[C@H]3C[C@@]3(Cl)C(=O)N(c5c(F)c(F)c(F)c(F)c5F)C(=O)[C@@]3(Cl)[C@H]4c3cc(Cl)ccc3O)C2=O)cc1O. The van der Waals surface area contributed by atoms with Crippen LogP contribution in [0, 0.1) is 46.8 Å². The molecule has 2 aliphatic heterocycles. The maximum absolute atomic E-state index is 15.2. The van der Waals surface area contributed by atoms with Gasteiger partial charge in [0.2, 0.25) is 17.6 Å². The number of phenols is 2. The molecule has 3 aromatic carbocycles. The molecule has 3 fully saturated rings. The fourth-order valence-corrected chi connectivity index (χ4v) is 8.87. The summed E-state index contributed by atoms with van der Waals surface area (Å²) in [5, 5.41) is 30.5. The summed E-state index contributed by atoms with van der Waals surface area (Å²) in [5.74, 6) is -26.2. The second-order valence-electron chi connectivity index (χ2n) is 12.4. The Balaban J connectivity index is 1.42. The monoisotopic (exact) mass is 770 g/mol. The van der Waals surface area contributed by atoms with Gasteiger partial charge in [0.25, 0.3) is 11.8 Å². The van der Waals surface area contributed by atoms with E-state index in [1.807, 2.05) is 0 Å². The van der Waals surface area contributed by atoms with Crippen LogP contribution in [-0.4, -0.2) is 54.7 Å². The second-order valence-corrected chi connectivity index (χ2v) is 14.1. The first-order valence-electron chi connectivity index (χ1n) is 14.8. The summed E-state index contributed by atoms with van der Waals surface area (Å²) in [6, 6.07) is 6.42. The number of fused-ring (bicyclic) bond motifs is 4.